The average Bonchev–Trinajstić information content (AvgIpc) is 3.00. The lowest BCUT2D eigenvalue weighted by Crippen LogP contribution is -2.65. The molecular formula is C29H37N5O6. The molecule has 2 atom stereocenters. The molecule has 1 aromatic carbocycles. The number of benzene rings is 1. The van der Waals surface area contributed by atoms with E-state index in [1.165, 1.54) is 18.2 Å². The van der Waals surface area contributed by atoms with Crippen molar-refractivity contribution in [2.75, 3.05) is 33.9 Å². The van der Waals surface area contributed by atoms with Crippen molar-refractivity contribution in [3.05, 3.63) is 59.9 Å². The zero-order chi connectivity index (χ0) is 28.5. The summed E-state index contributed by atoms with van der Waals surface area (Å²) in [4.78, 5) is 60.0. The number of piperazine rings is 1. The van der Waals surface area contributed by atoms with Gasteiger partial charge in [0, 0.05) is 37.9 Å². The molecule has 40 heavy (non-hydrogen) atoms. The van der Waals surface area contributed by atoms with Crippen LogP contribution in [-0.4, -0.2) is 90.6 Å². The molecule has 1 aliphatic carbocycles. The molecule has 2 aliphatic rings. The first-order valence-corrected chi connectivity index (χ1v) is 13.7. The number of methoxy groups -OCH3 is 2. The van der Waals surface area contributed by atoms with Gasteiger partial charge in [-0.2, -0.15) is 0 Å². The Morgan fingerprint density at radius 3 is 2.42 bits per heavy atom. The topological polar surface area (TPSA) is 130 Å². The molecule has 2 fully saturated rings. The molecule has 214 valence electrons. The van der Waals surface area contributed by atoms with Crippen LogP contribution in [0.15, 0.2) is 48.8 Å². The Morgan fingerprint density at radius 2 is 1.77 bits per heavy atom. The molecule has 4 amide bonds. The summed E-state index contributed by atoms with van der Waals surface area (Å²) in [5.41, 5.74) is 1.19. The van der Waals surface area contributed by atoms with Crippen LogP contribution >= 0.6 is 0 Å². The van der Waals surface area contributed by atoms with Gasteiger partial charge >= 0.3 is 12.0 Å². The number of urea groups is 1. The Morgan fingerprint density at radius 1 is 1.02 bits per heavy atom. The van der Waals surface area contributed by atoms with Gasteiger partial charge in [0.15, 0.2) is 0 Å². The van der Waals surface area contributed by atoms with Gasteiger partial charge < -0.3 is 29.9 Å². The fourth-order valence-corrected chi connectivity index (χ4v) is 5.21. The van der Waals surface area contributed by atoms with Crippen molar-refractivity contribution in [1.29, 1.82) is 0 Å². The van der Waals surface area contributed by atoms with E-state index >= 15 is 0 Å². The molecule has 0 radical (unpaired) electrons. The van der Waals surface area contributed by atoms with Crippen LogP contribution in [0.4, 0.5) is 4.79 Å². The minimum atomic E-state index is -0.999. The zero-order valence-corrected chi connectivity index (χ0v) is 23.0. The molecule has 0 spiro atoms. The van der Waals surface area contributed by atoms with E-state index in [0.717, 1.165) is 37.7 Å². The molecule has 1 saturated heterocycles. The summed E-state index contributed by atoms with van der Waals surface area (Å²) >= 11 is 0. The number of carbonyl (C=O) groups excluding carboxylic acids is 4. The zero-order valence-electron chi connectivity index (χ0n) is 23.0. The fourth-order valence-electron chi connectivity index (χ4n) is 5.21. The second-order valence-electron chi connectivity index (χ2n) is 10.1. The van der Waals surface area contributed by atoms with Gasteiger partial charge in [-0.1, -0.05) is 31.4 Å². The van der Waals surface area contributed by atoms with Gasteiger partial charge in [-0.3, -0.25) is 14.6 Å². The third-order valence-electron chi connectivity index (χ3n) is 7.47. The van der Waals surface area contributed by atoms with Gasteiger partial charge in [0.1, 0.15) is 17.8 Å². The third-order valence-corrected chi connectivity index (χ3v) is 7.47. The maximum absolute atomic E-state index is 13.7. The second kappa shape index (κ2) is 13.8. The quantitative estimate of drug-likeness (QED) is 0.481. The van der Waals surface area contributed by atoms with Crippen molar-refractivity contribution in [3.63, 3.8) is 0 Å². The molecule has 1 aliphatic heterocycles. The van der Waals surface area contributed by atoms with Crippen molar-refractivity contribution in [3.8, 4) is 5.75 Å². The largest absolute Gasteiger partial charge is 0.497 e. The number of hydrogen-bond donors (Lipinski definition) is 2. The standard InChI is InChI=1S/C29H37N5O6/c1-39-23-12-10-20(11-13-23)17-24(28(37)40-2)32-26(35)25-19-33(27(36)21-7-6-14-30-18-21)15-16-34(25)29(38)31-22-8-4-3-5-9-22/h6-7,10-14,18,22,24-25H,3-5,8-9,15-17,19H2,1-2H3,(H,31,38)(H,32,35). The Bertz CT molecular complexity index is 1170. The molecule has 2 unspecified atom stereocenters. The highest BCUT2D eigenvalue weighted by molar-refractivity contribution is 5.96. The molecule has 11 heteroatoms. The van der Waals surface area contributed by atoms with E-state index in [1.807, 2.05) is 0 Å². The molecule has 2 N–H and O–H groups in total. The van der Waals surface area contributed by atoms with Crippen molar-refractivity contribution in [1.82, 2.24) is 25.4 Å². The maximum Gasteiger partial charge on any atom is 0.328 e. The minimum absolute atomic E-state index is 0.0198. The monoisotopic (exact) mass is 551 g/mol. The van der Waals surface area contributed by atoms with Crippen LogP contribution in [0.1, 0.15) is 48.0 Å². The van der Waals surface area contributed by atoms with Crippen LogP contribution in [0, 0.1) is 0 Å². The Labute approximate surface area is 234 Å². The summed E-state index contributed by atoms with van der Waals surface area (Å²) in [6.45, 7) is 0.417. The van der Waals surface area contributed by atoms with E-state index < -0.39 is 24.0 Å². The summed E-state index contributed by atoms with van der Waals surface area (Å²) in [6.07, 6.45) is 8.28. The number of ether oxygens (including phenoxy) is 2. The molecule has 1 aromatic heterocycles. The van der Waals surface area contributed by atoms with E-state index in [0.29, 0.717) is 11.3 Å². The molecule has 2 heterocycles. The summed E-state index contributed by atoms with van der Waals surface area (Å²) in [7, 11) is 2.82. The Hall–Kier alpha value is -4.15. The highest BCUT2D eigenvalue weighted by Crippen LogP contribution is 2.20. The number of nitrogens with one attached hydrogen (secondary N) is 2. The van der Waals surface area contributed by atoms with Crippen LogP contribution in [0.3, 0.4) is 0 Å². The van der Waals surface area contributed by atoms with Crippen molar-refractivity contribution >= 4 is 23.8 Å². The summed E-state index contributed by atoms with van der Waals surface area (Å²) in [5.74, 6) is -0.753. The smallest absolute Gasteiger partial charge is 0.328 e. The van der Waals surface area contributed by atoms with E-state index in [-0.39, 0.29) is 44.0 Å². The van der Waals surface area contributed by atoms with E-state index in [9.17, 15) is 19.2 Å². The number of carbonyl (C=O) groups is 4. The van der Waals surface area contributed by atoms with Crippen LogP contribution in [0.5, 0.6) is 5.75 Å². The minimum Gasteiger partial charge on any atom is -0.497 e. The van der Waals surface area contributed by atoms with Crippen LogP contribution < -0.4 is 15.4 Å². The van der Waals surface area contributed by atoms with Crippen molar-refractivity contribution in [2.24, 2.45) is 0 Å². The molecular weight excluding hydrogens is 514 g/mol. The van der Waals surface area contributed by atoms with Gasteiger partial charge in [0.25, 0.3) is 5.91 Å². The lowest BCUT2D eigenvalue weighted by Gasteiger charge is -2.41. The maximum atomic E-state index is 13.7. The molecule has 4 rings (SSSR count). The first-order chi connectivity index (χ1) is 19.4. The normalized spacial score (nSPS) is 18.4. The Balaban J connectivity index is 1.52. The fraction of sp³-hybridized carbons (Fsp3) is 0.483. The molecule has 11 nitrogen and oxygen atoms in total. The summed E-state index contributed by atoms with van der Waals surface area (Å²) < 4.78 is 10.2. The van der Waals surface area contributed by atoms with Crippen molar-refractivity contribution in [2.45, 2.75) is 56.7 Å². The van der Waals surface area contributed by atoms with Crippen LogP contribution in [0.2, 0.25) is 0 Å². The predicted molar refractivity (Wildman–Crippen MR) is 147 cm³/mol. The number of rotatable bonds is 8. The lowest BCUT2D eigenvalue weighted by molar-refractivity contribution is -0.145. The lowest BCUT2D eigenvalue weighted by atomic mass is 9.95. The van der Waals surface area contributed by atoms with Crippen LogP contribution in [0.25, 0.3) is 0 Å². The highest BCUT2D eigenvalue weighted by Gasteiger charge is 2.39. The Kier molecular flexibility index (Phi) is 9.93. The third kappa shape index (κ3) is 7.28. The van der Waals surface area contributed by atoms with Gasteiger partial charge in [-0.25, -0.2) is 9.59 Å². The highest BCUT2D eigenvalue weighted by atomic mass is 16.5. The van der Waals surface area contributed by atoms with Gasteiger partial charge in [-0.05, 0) is 42.7 Å². The van der Waals surface area contributed by atoms with E-state index in [4.69, 9.17) is 9.47 Å². The molecule has 2 aromatic rings. The number of aromatic nitrogens is 1. The average molecular weight is 552 g/mol. The predicted octanol–water partition coefficient (Wildman–Crippen LogP) is 2.16. The van der Waals surface area contributed by atoms with Gasteiger partial charge in [0.2, 0.25) is 5.91 Å². The van der Waals surface area contributed by atoms with Gasteiger partial charge in [0.05, 0.1) is 26.3 Å². The SMILES string of the molecule is COC(=O)C(Cc1ccc(OC)cc1)NC(=O)C1CN(C(=O)c2cccnc2)CCN1C(=O)NC1CCCCC1. The second-order valence-corrected chi connectivity index (χ2v) is 10.1. The summed E-state index contributed by atoms with van der Waals surface area (Å²) in [6, 6.07) is 8.21. The number of nitrogens with zero attached hydrogens (tertiary/aromatic N) is 3. The van der Waals surface area contributed by atoms with E-state index in [2.05, 4.69) is 15.6 Å². The first kappa shape index (κ1) is 28.8. The number of pyridine rings is 1. The number of esters is 1. The van der Waals surface area contributed by atoms with Crippen molar-refractivity contribution < 1.29 is 28.7 Å². The number of amides is 4. The number of hydrogen-bond acceptors (Lipinski definition) is 7. The van der Waals surface area contributed by atoms with Crippen LogP contribution in [-0.2, 0) is 20.7 Å². The van der Waals surface area contributed by atoms with E-state index in [1.54, 1.807) is 54.6 Å². The molecule has 1 saturated carbocycles. The molecule has 0 bridgehead atoms. The summed E-state index contributed by atoms with van der Waals surface area (Å²) in [5, 5.41) is 5.86. The van der Waals surface area contributed by atoms with Gasteiger partial charge in [-0.15, -0.1) is 0 Å². The first-order valence-electron chi connectivity index (χ1n) is 13.7.